The van der Waals surface area contributed by atoms with E-state index in [2.05, 4.69) is 11.9 Å². The molecule has 2 aliphatic rings. The fourth-order valence-electron chi connectivity index (χ4n) is 4.43. The number of oxime groups is 1. The van der Waals surface area contributed by atoms with Gasteiger partial charge in [-0.05, 0) is 36.2 Å². The van der Waals surface area contributed by atoms with Gasteiger partial charge in [0.15, 0.2) is 6.10 Å². The molecule has 0 aromatic heterocycles. The van der Waals surface area contributed by atoms with E-state index in [-0.39, 0.29) is 41.2 Å². The van der Waals surface area contributed by atoms with Gasteiger partial charge in [0.2, 0.25) is 0 Å². The Morgan fingerprint density at radius 3 is 2.63 bits per heavy atom. The third-order valence-corrected chi connectivity index (χ3v) is 7.24. The molecule has 2 aliphatic heterocycles. The van der Waals surface area contributed by atoms with Crippen LogP contribution >= 0.6 is 0 Å². The van der Waals surface area contributed by atoms with Gasteiger partial charge in [-0.3, -0.25) is 0 Å². The molecule has 2 heterocycles. The van der Waals surface area contributed by atoms with Gasteiger partial charge in [-0.1, -0.05) is 17.3 Å². The average molecular weight is 515 g/mol. The molecule has 2 aromatic carbocycles. The van der Waals surface area contributed by atoms with Gasteiger partial charge < -0.3 is 14.5 Å². The van der Waals surface area contributed by atoms with Crippen molar-refractivity contribution in [1.82, 2.24) is 4.90 Å². The van der Waals surface area contributed by atoms with E-state index < -0.39 is 46.3 Å². The lowest BCUT2D eigenvalue weighted by Crippen LogP contribution is -2.43. The van der Waals surface area contributed by atoms with Crippen molar-refractivity contribution >= 4 is 22.6 Å². The first-order valence-electron chi connectivity index (χ1n) is 10.6. The summed E-state index contributed by atoms with van der Waals surface area (Å²) in [6.07, 6.45) is -0.310. The molecule has 0 N–H and O–H groups in total. The number of methoxy groups -OCH3 is 1. The average Bonchev–Trinajstić information content (AvgIpc) is 3.35. The van der Waals surface area contributed by atoms with Crippen LogP contribution in [0.1, 0.15) is 23.7 Å². The van der Waals surface area contributed by atoms with Crippen LogP contribution in [0, 0.1) is 18.6 Å². The minimum Gasteiger partial charge on any atom is -0.496 e. The first kappa shape index (κ1) is 25.0. The summed E-state index contributed by atoms with van der Waals surface area (Å²) >= 11 is 0. The summed E-state index contributed by atoms with van der Waals surface area (Å²) in [5.74, 6) is -4.41. The van der Waals surface area contributed by atoms with E-state index in [1.54, 1.807) is 19.1 Å². The molecule has 7 nitrogen and oxygen atoms in total. The number of alkyl halides is 2. The normalized spacial score (nSPS) is 21.6. The molecule has 4 rings (SSSR count). The summed E-state index contributed by atoms with van der Waals surface area (Å²) in [7, 11) is -2.60. The zero-order chi connectivity index (χ0) is 25.7. The lowest BCUT2D eigenvalue weighted by atomic mass is 9.91. The molecular weight excluding hydrogens is 490 g/mol. The predicted molar refractivity (Wildman–Crippen MR) is 121 cm³/mol. The molecule has 0 spiro atoms. The number of likely N-dealkylation sites (tertiary alicyclic amines) is 1. The lowest BCUT2D eigenvalue weighted by molar-refractivity contribution is -0.435. The van der Waals surface area contributed by atoms with E-state index in [4.69, 9.17) is 9.57 Å². The second-order valence-electron chi connectivity index (χ2n) is 8.64. The Labute approximate surface area is 200 Å². The highest BCUT2D eigenvalue weighted by Crippen LogP contribution is 2.43. The molecule has 1 saturated heterocycles. The molecule has 0 bridgehead atoms. The number of amidine groups is 1. The van der Waals surface area contributed by atoms with Crippen LogP contribution in [0.3, 0.4) is 0 Å². The first-order valence-corrected chi connectivity index (χ1v) is 12.5. The van der Waals surface area contributed by atoms with Crippen LogP contribution in [0.15, 0.2) is 35.5 Å². The van der Waals surface area contributed by atoms with Crippen LogP contribution in [0.25, 0.3) is 11.1 Å². The molecule has 0 saturated carbocycles. The lowest BCUT2D eigenvalue weighted by Gasteiger charge is -2.19. The summed E-state index contributed by atoms with van der Waals surface area (Å²) < 4.78 is 88.6. The van der Waals surface area contributed by atoms with Crippen LogP contribution in [-0.4, -0.2) is 68.3 Å². The summed E-state index contributed by atoms with van der Waals surface area (Å²) in [4.78, 5) is 6.64. The van der Waals surface area contributed by atoms with E-state index in [0.29, 0.717) is 9.54 Å². The highest BCUT2D eigenvalue weighted by molar-refractivity contribution is 7.84. The number of aryl methyl sites for hydroxylation is 1. The quantitative estimate of drug-likeness (QED) is 0.346. The van der Waals surface area contributed by atoms with Gasteiger partial charge in [0, 0.05) is 5.56 Å². The second kappa shape index (κ2) is 8.81. The van der Waals surface area contributed by atoms with E-state index in [9.17, 15) is 21.6 Å². The first-order chi connectivity index (χ1) is 16.3. The van der Waals surface area contributed by atoms with Gasteiger partial charge in [-0.25, -0.2) is 8.78 Å². The molecule has 35 heavy (non-hydrogen) atoms. The van der Waals surface area contributed by atoms with Crippen LogP contribution < -0.4 is 4.74 Å². The van der Waals surface area contributed by atoms with Crippen molar-refractivity contribution in [3.8, 4) is 16.9 Å². The summed E-state index contributed by atoms with van der Waals surface area (Å²) in [5.41, 5.74) is 0.780. The zero-order valence-electron chi connectivity index (χ0n) is 19.3. The standard InChI is InChI=1S/C23H24F4N3O4S/c1-13-8-14(21-15(24)6-5-7-17(21)33-3)22(16(25)9-13)18-10-20(28-34-18)30-11-19(23(26,27)12-30)29(2)35(4,31)32/h5-9,18-19H,2,10-12H2,1,3-4H3/q+1/t18?,19-/m1/s1. The number of benzene rings is 2. The molecule has 0 aliphatic carbocycles. The van der Waals surface area contributed by atoms with Crippen LogP contribution in [0.2, 0.25) is 0 Å². The van der Waals surface area contributed by atoms with Crippen molar-refractivity contribution < 1.29 is 39.5 Å². The summed E-state index contributed by atoms with van der Waals surface area (Å²) in [6, 6.07) is 5.38. The number of nitrogens with zero attached hydrogens (tertiary/aromatic N) is 3. The topological polar surface area (TPSA) is 71.2 Å². The third-order valence-electron chi connectivity index (χ3n) is 6.13. The fourth-order valence-corrected chi connectivity index (χ4v) is 5.11. The monoisotopic (exact) mass is 514 g/mol. The van der Waals surface area contributed by atoms with Crippen molar-refractivity contribution in [2.75, 3.05) is 26.5 Å². The van der Waals surface area contributed by atoms with Crippen LogP contribution in [0.5, 0.6) is 5.75 Å². The number of hydrogen-bond acceptors (Lipinski definition) is 6. The van der Waals surface area contributed by atoms with Gasteiger partial charge in [-0.2, -0.15) is 17.2 Å². The van der Waals surface area contributed by atoms with E-state index in [0.717, 1.165) is 6.26 Å². The van der Waals surface area contributed by atoms with Crippen molar-refractivity contribution in [1.29, 1.82) is 0 Å². The molecule has 0 radical (unpaired) electrons. The van der Waals surface area contributed by atoms with Crippen molar-refractivity contribution in [2.45, 2.75) is 31.4 Å². The number of ether oxygens (including phenoxy) is 1. The maximum Gasteiger partial charge on any atom is 0.361 e. The Balaban J connectivity index is 1.66. The largest absolute Gasteiger partial charge is 0.496 e. The van der Waals surface area contributed by atoms with E-state index in [1.165, 1.54) is 30.2 Å². The van der Waals surface area contributed by atoms with Crippen molar-refractivity contribution in [3.05, 3.63) is 53.1 Å². The van der Waals surface area contributed by atoms with Crippen LogP contribution in [-0.2, 0) is 14.9 Å². The second-order valence-corrected chi connectivity index (χ2v) is 10.6. The van der Waals surface area contributed by atoms with Crippen molar-refractivity contribution in [3.63, 3.8) is 0 Å². The third kappa shape index (κ3) is 4.58. The number of sulfonamides is 1. The summed E-state index contributed by atoms with van der Waals surface area (Å²) in [6.45, 7) is 3.74. The molecule has 2 atom stereocenters. The van der Waals surface area contributed by atoms with Gasteiger partial charge in [0.25, 0.3) is 6.04 Å². The Hall–Kier alpha value is -3.15. The van der Waals surface area contributed by atoms with Gasteiger partial charge in [0.1, 0.15) is 29.9 Å². The Kier molecular flexibility index (Phi) is 6.28. The zero-order valence-corrected chi connectivity index (χ0v) is 20.1. The smallest absolute Gasteiger partial charge is 0.361 e. The Bertz CT molecular complexity index is 1330. The SMILES string of the molecule is C=[N+]([C@@H]1CN(C2=NOC(c3c(F)cc(C)cc3-c3c(F)cccc3OC)C2)CC1(F)F)S(C)(=O)=O. The molecule has 0 amide bonds. The predicted octanol–water partition coefficient (Wildman–Crippen LogP) is 3.72. The van der Waals surface area contributed by atoms with Gasteiger partial charge in [-0.15, -0.1) is 3.98 Å². The minimum atomic E-state index is -3.97. The van der Waals surface area contributed by atoms with Crippen molar-refractivity contribution in [2.24, 2.45) is 5.16 Å². The molecule has 1 fully saturated rings. The molecule has 12 heteroatoms. The maximum absolute atomic E-state index is 15.2. The number of rotatable bonds is 5. The van der Waals surface area contributed by atoms with Gasteiger partial charge in [0.05, 0.1) is 38.4 Å². The molecule has 2 aromatic rings. The summed E-state index contributed by atoms with van der Waals surface area (Å²) in [5, 5.41) is 3.89. The van der Waals surface area contributed by atoms with E-state index >= 15 is 4.39 Å². The number of halogens is 4. The minimum absolute atomic E-state index is 0.00942. The molecule has 188 valence electrons. The van der Waals surface area contributed by atoms with Crippen LogP contribution in [0.4, 0.5) is 17.6 Å². The van der Waals surface area contributed by atoms with E-state index in [1.807, 2.05) is 0 Å². The van der Waals surface area contributed by atoms with Gasteiger partial charge >= 0.3 is 15.9 Å². The molecule has 1 unspecified atom stereocenters. The number of hydrogen-bond donors (Lipinski definition) is 0. The highest BCUT2D eigenvalue weighted by atomic mass is 32.2. The molecular formula is C23H24F4N3O4S+. The fraction of sp³-hybridized carbons (Fsp3) is 0.391. The highest BCUT2D eigenvalue weighted by Gasteiger charge is 2.58. The Morgan fingerprint density at radius 1 is 1.26 bits per heavy atom. The maximum atomic E-state index is 15.2. The Morgan fingerprint density at radius 2 is 1.97 bits per heavy atom.